The Bertz CT molecular complexity index is 1760. The number of carbonyl (C=O) groups excluding carboxylic acids is 1. The van der Waals surface area contributed by atoms with E-state index in [-0.39, 0.29) is 40.8 Å². The molecule has 0 bridgehead atoms. The Morgan fingerprint density at radius 3 is 2.55 bits per heavy atom. The normalized spacial score (nSPS) is 13.8. The lowest BCUT2D eigenvalue weighted by Crippen LogP contribution is -2.21. The maximum absolute atomic E-state index is 12.7. The highest BCUT2D eigenvalue weighted by Crippen LogP contribution is 2.45. The van der Waals surface area contributed by atoms with Gasteiger partial charge in [-0.2, -0.15) is 5.26 Å². The number of nitrogens with two attached hydrogens (primary N) is 1. The van der Waals surface area contributed by atoms with Crippen molar-refractivity contribution in [2.45, 2.75) is 12.5 Å². The molecule has 1 atom stereocenters. The van der Waals surface area contributed by atoms with Crippen molar-refractivity contribution in [1.29, 1.82) is 5.26 Å². The molecule has 11 heteroatoms. The van der Waals surface area contributed by atoms with Crippen LogP contribution in [0.25, 0.3) is 0 Å². The molecule has 1 aliphatic heterocycles. The van der Waals surface area contributed by atoms with Gasteiger partial charge >= 0.3 is 5.97 Å². The minimum atomic E-state index is -0.908. The number of fused-ring (bicyclic) bond motifs is 1. The van der Waals surface area contributed by atoms with Crippen molar-refractivity contribution in [1.82, 2.24) is 0 Å². The fourth-order valence-electron chi connectivity index (χ4n) is 4.53. The van der Waals surface area contributed by atoms with Crippen LogP contribution < -0.4 is 24.7 Å². The van der Waals surface area contributed by atoms with Crippen molar-refractivity contribution in [2.75, 3.05) is 7.11 Å². The van der Waals surface area contributed by atoms with Crippen LogP contribution in [0.3, 0.4) is 0 Å². The first kappa shape index (κ1) is 28.0. The van der Waals surface area contributed by atoms with E-state index in [0.717, 1.165) is 5.56 Å². The predicted molar refractivity (Wildman–Crippen MR) is 153 cm³/mol. The summed E-state index contributed by atoms with van der Waals surface area (Å²) in [5.74, 6) is -0.373. The fourth-order valence-corrected chi connectivity index (χ4v) is 4.66. The van der Waals surface area contributed by atoms with Gasteiger partial charge in [0.25, 0.3) is 5.69 Å². The number of nitrogens with zero attached hydrogens (tertiary/aromatic N) is 2. The number of nitro groups is 1. The van der Waals surface area contributed by atoms with Crippen LogP contribution in [0.15, 0.2) is 96.4 Å². The Labute approximate surface area is 245 Å². The number of carbonyl (C=O) groups is 1. The summed E-state index contributed by atoms with van der Waals surface area (Å²) in [7, 11) is 1.51. The third-order valence-corrected chi connectivity index (χ3v) is 6.80. The molecule has 0 saturated heterocycles. The smallest absolute Gasteiger partial charge is 0.350 e. The van der Waals surface area contributed by atoms with Gasteiger partial charge in [0, 0.05) is 22.7 Å². The predicted octanol–water partition coefficient (Wildman–Crippen LogP) is 6.27. The van der Waals surface area contributed by atoms with Gasteiger partial charge in [0.2, 0.25) is 5.88 Å². The third-order valence-electron chi connectivity index (χ3n) is 6.55. The molecule has 0 fully saturated rings. The summed E-state index contributed by atoms with van der Waals surface area (Å²) in [6, 6.07) is 24.8. The van der Waals surface area contributed by atoms with Gasteiger partial charge in [-0.05, 0) is 47.5 Å². The van der Waals surface area contributed by atoms with Crippen molar-refractivity contribution in [3.8, 4) is 29.1 Å². The molecule has 0 saturated carbocycles. The first-order chi connectivity index (χ1) is 20.3. The van der Waals surface area contributed by atoms with Gasteiger partial charge < -0.3 is 24.7 Å². The van der Waals surface area contributed by atoms with E-state index in [2.05, 4.69) is 6.07 Å². The minimum absolute atomic E-state index is 0.0763. The molecule has 0 amide bonds. The van der Waals surface area contributed by atoms with Crippen molar-refractivity contribution >= 4 is 23.3 Å². The first-order valence-corrected chi connectivity index (χ1v) is 12.9. The van der Waals surface area contributed by atoms with Crippen molar-refractivity contribution in [3.63, 3.8) is 0 Å². The van der Waals surface area contributed by atoms with Gasteiger partial charge in [-0.25, -0.2) is 4.79 Å². The Hall–Kier alpha value is -5.53. The molecule has 4 aromatic carbocycles. The average Bonchev–Trinajstić information content (AvgIpc) is 3.00. The minimum Gasteiger partial charge on any atom is -0.493 e. The molecule has 1 aliphatic rings. The molecule has 4 aromatic rings. The van der Waals surface area contributed by atoms with Crippen LogP contribution in [0, 0.1) is 21.4 Å². The van der Waals surface area contributed by atoms with E-state index in [1.54, 1.807) is 36.4 Å². The monoisotopic (exact) mass is 583 g/mol. The molecular weight excluding hydrogens is 562 g/mol. The van der Waals surface area contributed by atoms with Crippen LogP contribution in [0.5, 0.6) is 23.0 Å². The second-order valence-electron chi connectivity index (χ2n) is 9.11. The van der Waals surface area contributed by atoms with Crippen LogP contribution in [0.2, 0.25) is 5.02 Å². The summed E-state index contributed by atoms with van der Waals surface area (Å²) >= 11 is 5.96. The van der Waals surface area contributed by atoms with E-state index >= 15 is 0 Å². The highest BCUT2D eigenvalue weighted by Gasteiger charge is 2.32. The van der Waals surface area contributed by atoms with E-state index in [0.29, 0.717) is 27.6 Å². The number of rotatable bonds is 8. The molecule has 2 N–H and O–H groups in total. The molecule has 5 rings (SSSR count). The van der Waals surface area contributed by atoms with Crippen LogP contribution in [0.1, 0.15) is 33.0 Å². The molecular formula is C31H22ClN3O7. The maximum atomic E-state index is 12.7. The molecule has 0 aromatic heterocycles. The number of methoxy groups -OCH3 is 1. The lowest BCUT2D eigenvalue weighted by molar-refractivity contribution is -0.385. The van der Waals surface area contributed by atoms with Gasteiger partial charge in [-0.3, -0.25) is 10.1 Å². The second kappa shape index (κ2) is 11.9. The number of allylic oxidation sites excluding steroid dienone is 1. The summed E-state index contributed by atoms with van der Waals surface area (Å²) in [5, 5.41) is 21.9. The van der Waals surface area contributed by atoms with Crippen LogP contribution in [-0.2, 0) is 6.61 Å². The number of ether oxygens (including phenoxy) is 4. The number of hydrogen-bond donors (Lipinski definition) is 1. The number of halogens is 1. The summed E-state index contributed by atoms with van der Waals surface area (Å²) < 4.78 is 22.7. The zero-order valence-corrected chi connectivity index (χ0v) is 22.8. The number of hydrogen-bond acceptors (Lipinski definition) is 9. The topological polar surface area (TPSA) is 147 Å². The first-order valence-electron chi connectivity index (χ1n) is 12.5. The maximum Gasteiger partial charge on any atom is 0.350 e. The summed E-state index contributed by atoms with van der Waals surface area (Å²) in [4.78, 5) is 23.4. The summed E-state index contributed by atoms with van der Waals surface area (Å²) in [6.07, 6.45) is 0. The van der Waals surface area contributed by atoms with E-state index in [9.17, 15) is 20.2 Å². The van der Waals surface area contributed by atoms with Crippen LogP contribution in [-0.4, -0.2) is 18.0 Å². The van der Waals surface area contributed by atoms with Crippen molar-refractivity contribution in [3.05, 3.63) is 134 Å². The lowest BCUT2D eigenvalue weighted by atomic mass is 9.83. The van der Waals surface area contributed by atoms with Crippen LogP contribution in [0.4, 0.5) is 5.69 Å². The number of benzene rings is 4. The van der Waals surface area contributed by atoms with E-state index in [4.69, 9.17) is 36.3 Å². The SMILES string of the molecule is COc1cc(C2C(C#N)=C(N)Oc3cc(OC(=O)c4ccccc4[N+](=O)[O-])ccc32)ccc1OCc1ccc(Cl)cc1. The number of para-hydroxylation sites is 1. The Morgan fingerprint density at radius 1 is 1.07 bits per heavy atom. The quantitative estimate of drug-likeness (QED) is 0.110. The Morgan fingerprint density at radius 2 is 1.83 bits per heavy atom. The van der Waals surface area contributed by atoms with Gasteiger partial charge in [0.1, 0.15) is 35.3 Å². The molecule has 1 heterocycles. The van der Waals surface area contributed by atoms with E-state index in [1.165, 1.54) is 43.5 Å². The van der Waals surface area contributed by atoms with Gasteiger partial charge in [-0.1, -0.05) is 48.0 Å². The molecule has 0 radical (unpaired) electrons. The average molecular weight is 584 g/mol. The third kappa shape index (κ3) is 5.68. The van der Waals surface area contributed by atoms with Gasteiger partial charge in [0.15, 0.2) is 11.5 Å². The highest BCUT2D eigenvalue weighted by atomic mass is 35.5. The number of esters is 1. The number of nitriles is 1. The van der Waals surface area contributed by atoms with Gasteiger partial charge in [0.05, 0.1) is 18.0 Å². The molecule has 10 nitrogen and oxygen atoms in total. The van der Waals surface area contributed by atoms with Crippen LogP contribution >= 0.6 is 11.6 Å². The largest absolute Gasteiger partial charge is 0.493 e. The highest BCUT2D eigenvalue weighted by molar-refractivity contribution is 6.30. The zero-order valence-electron chi connectivity index (χ0n) is 22.1. The summed E-state index contributed by atoms with van der Waals surface area (Å²) in [5.41, 5.74) is 7.93. The molecule has 1 unspecified atom stereocenters. The molecule has 42 heavy (non-hydrogen) atoms. The standard InChI is InChI=1S/C31H22ClN3O7/c1-39-28-14-19(8-13-26(28)40-17-18-6-9-20(32)10-7-18)29-23-12-11-21(15-27(23)42-30(34)24(29)16-33)41-31(36)22-4-2-3-5-25(22)35(37)38/h2-15,29H,17,34H2,1H3. The fraction of sp³-hybridized carbons (Fsp3) is 0.0968. The molecule has 0 spiro atoms. The van der Waals surface area contributed by atoms with Gasteiger partial charge in [-0.15, -0.1) is 0 Å². The lowest BCUT2D eigenvalue weighted by Gasteiger charge is -2.27. The zero-order chi connectivity index (χ0) is 29.8. The number of nitro benzene ring substituents is 1. The van der Waals surface area contributed by atoms with Crippen molar-refractivity contribution < 1.29 is 28.7 Å². The second-order valence-corrected chi connectivity index (χ2v) is 9.55. The molecule has 210 valence electrons. The van der Waals surface area contributed by atoms with E-state index < -0.39 is 16.8 Å². The van der Waals surface area contributed by atoms with E-state index in [1.807, 2.05) is 12.1 Å². The molecule has 0 aliphatic carbocycles. The summed E-state index contributed by atoms with van der Waals surface area (Å²) in [6.45, 7) is 0.289. The van der Waals surface area contributed by atoms with Crippen molar-refractivity contribution in [2.24, 2.45) is 5.73 Å². The Kier molecular flexibility index (Phi) is 7.95. The Balaban J connectivity index is 1.44.